The lowest BCUT2D eigenvalue weighted by Crippen LogP contribution is -2.41. The summed E-state index contributed by atoms with van der Waals surface area (Å²) >= 11 is 13.0. The largest absolute Gasteiger partial charge is 0.488 e. The molecule has 6 aromatic rings. The molecule has 0 saturated carbocycles. The quantitative estimate of drug-likeness (QED) is 0.134. The predicted molar refractivity (Wildman–Crippen MR) is 214 cm³/mol. The van der Waals surface area contributed by atoms with Crippen molar-refractivity contribution in [3.63, 3.8) is 0 Å². The summed E-state index contributed by atoms with van der Waals surface area (Å²) in [6.07, 6.45) is 0.121. The number of hydrogen-bond donors (Lipinski definition) is 1. The summed E-state index contributed by atoms with van der Waals surface area (Å²) in [5, 5.41) is 7.04. The summed E-state index contributed by atoms with van der Waals surface area (Å²) in [4.78, 5) is 31.3. The van der Waals surface area contributed by atoms with E-state index < -0.39 is 0 Å². The first-order valence-electron chi connectivity index (χ1n) is 18.0. The van der Waals surface area contributed by atoms with Crippen LogP contribution in [0.25, 0.3) is 21.5 Å². The summed E-state index contributed by atoms with van der Waals surface area (Å²) in [5.74, 6) is 1.99. The Kier molecular flexibility index (Phi) is 10.1. The third-order valence-corrected chi connectivity index (χ3v) is 11.0. The van der Waals surface area contributed by atoms with Crippen molar-refractivity contribution in [2.75, 3.05) is 41.2 Å². The van der Waals surface area contributed by atoms with Gasteiger partial charge in [-0.1, -0.05) is 109 Å². The number of halogens is 2. The minimum Gasteiger partial charge on any atom is -0.488 e. The smallest absolute Gasteiger partial charge is 0.321 e. The van der Waals surface area contributed by atoms with Crippen LogP contribution in [0.2, 0.25) is 0 Å². The Morgan fingerprint density at radius 2 is 1.04 bits per heavy atom. The number of alkyl halides is 2. The molecule has 8 rings (SSSR count). The summed E-state index contributed by atoms with van der Waals surface area (Å²) in [7, 11) is 0. The van der Waals surface area contributed by atoms with E-state index in [1.165, 1.54) is 0 Å². The van der Waals surface area contributed by atoms with Gasteiger partial charge in [0.1, 0.15) is 24.7 Å². The van der Waals surface area contributed by atoms with Gasteiger partial charge in [-0.25, -0.2) is 4.79 Å². The normalized spacial score (nSPS) is 16.1. The lowest BCUT2D eigenvalue weighted by atomic mass is 9.95. The molecular formula is C44H39Cl2N3O4. The molecule has 268 valence electrons. The van der Waals surface area contributed by atoms with Crippen molar-refractivity contribution in [3.05, 3.63) is 144 Å². The zero-order valence-electron chi connectivity index (χ0n) is 29.1. The molecule has 7 nitrogen and oxygen atoms in total. The summed E-state index contributed by atoms with van der Waals surface area (Å²) in [6, 6.07) is 39.9. The molecule has 9 heteroatoms. The van der Waals surface area contributed by atoms with Gasteiger partial charge in [0.15, 0.2) is 0 Å². The van der Waals surface area contributed by atoms with Gasteiger partial charge in [-0.3, -0.25) is 9.69 Å². The van der Waals surface area contributed by atoms with Crippen molar-refractivity contribution in [3.8, 4) is 11.5 Å². The van der Waals surface area contributed by atoms with Crippen LogP contribution < -0.4 is 24.6 Å². The first-order valence-corrected chi connectivity index (χ1v) is 19.0. The molecule has 0 saturated heterocycles. The zero-order chi connectivity index (χ0) is 36.3. The molecule has 1 N–H and O–H groups in total. The lowest BCUT2D eigenvalue weighted by molar-refractivity contribution is -0.118. The van der Waals surface area contributed by atoms with Crippen LogP contribution in [0.15, 0.2) is 121 Å². The zero-order valence-corrected chi connectivity index (χ0v) is 30.7. The van der Waals surface area contributed by atoms with E-state index in [1.807, 2.05) is 109 Å². The Morgan fingerprint density at radius 1 is 0.604 bits per heavy atom. The van der Waals surface area contributed by atoms with Crippen molar-refractivity contribution < 1.29 is 19.1 Å². The monoisotopic (exact) mass is 743 g/mol. The fourth-order valence-electron chi connectivity index (χ4n) is 7.72. The standard InChI is InChI=1S/C44H39Cl2N3O4/c45-23-31-25-48(37-21-39(52-27-29-11-3-1-4-12-29)33-15-7-9-17-35(33)42(31)37)41(50)19-20-47-44(51)49-26-32(24-46)43-36-18-10-8-16-34(36)40(22-38(43)49)53-28-30-13-5-2-6-14-30/h1-18,21-22,31-32H,19-20,23-28H2,(H,47,51)/t31-,32?/m1/s1. The van der Waals surface area contributed by atoms with Gasteiger partial charge in [-0.15, -0.1) is 23.2 Å². The molecule has 0 bridgehead atoms. The summed E-state index contributed by atoms with van der Waals surface area (Å²) in [5.41, 5.74) is 5.78. The highest BCUT2D eigenvalue weighted by Gasteiger charge is 2.36. The molecule has 3 amide bonds. The van der Waals surface area contributed by atoms with Crippen LogP contribution in [0, 0.1) is 0 Å². The Balaban J connectivity index is 1.00. The number of fused-ring (bicyclic) bond motifs is 6. The van der Waals surface area contributed by atoms with Gasteiger partial charge in [-0.05, 0) is 33.0 Å². The molecule has 6 aromatic carbocycles. The molecule has 0 fully saturated rings. The number of urea groups is 1. The van der Waals surface area contributed by atoms with Gasteiger partial charge in [0.2, 0.25) is 5.91 Å². The lowest BCUT2D eigenvalue weighted by Gasteiger charge is -2.22. The number of carbonyl (C=O) groups is 2. The van der Waals surface area contributed by atoms with Gasteiger partial charge in [0, 0.05) is 72.6 Å². The van der Waals surface area contributed by atoms with E-state index in [1.54, 1.807) is 9.80 Å². The molecule has 0 spiro atoms. The average Bonchev–Trinajstić information content (AvgIpc) is 3.78. The molecule has 0 radical (unpaired) electrons. The van der Waals surface area contributed by atoms with Gasteiger partial charge < -0.3 is 19.7 Å². The van der Waals surface area contributed by atoms with Crippen LogP contribution in [0.1, 0.15) is 40.5 Å². The maximum atomic E-state index is 13.9. The van der Waals surface area contributed by atoms with E-state index in [2.05, 4.69) is 17.4 Å². The molecule has 1 unspecified atom stereocenters. The molecule has 2 aliphatic rings. The second kappa shape index (κ2) is 15.4. The Hall–Kier alpha value is -5.24. The third kappa shape index (κ3) is 6.87. The van der Waals surface area contributed by atoms with E-state index in [0.717, 1.165) is 55.2 Å². The summed E-state index contributed by atoms with van der Waals surface area (Å²) < 4.78 is 12.7. The molecule has 2 aliphatic heterocycles. The number of amides is 3. The summed E-state index contributed by atoms with van der Waals surface area (Å²) in [6.45, 7) is 1.87. The van der Waals surface area contributed by atoms with Crippen molar-refractivity contribution in [1.29, 1.82) is 0 Å². The second-order valence-corrected chi connectivity index (χ2v) is 14.2. The number of nitrogens with zero attached hydrogens (tertiary/aromatic N) is 2. The van der Waals surface area contributed by atoms with E-state index in [4.69, 9.17) is 32.7 Å². The Morgan fingerprint density at radius 3 is 1.53 bits per heavy atom. The number of hydrogen-bond acceptors (Lipinski definition) is 4. The van der Waals surface area contributed by atoms with Crippen molar-refractivity contribution in [2.24, 2.45) is 0 Å². The van der Waals surface area contributed by atoms with Crippen molar-refractivity contribution >= 4 is 68.1 Å². The molecule has 0 aliphatic carbocycles. The number of nitrogens with one attached hydrogen (secondary N) is 1. The maximum absolute atomic E-state index is 13.9. The van der Waals surface area contributed by atoms with E-state index in [9.17, 15) is 9.59 Å². The highest BCUT2D eigenvalue weighted by Crippen LogP contribution is 2.47. The number of ether oxygens (including phenoxy) is 2. The SMILES string of the molecule is O=C(NCCC(=O)N1C[C@@H](CCl)c2c1cc(OCc1ccccc1)c1ccccc21)N1CC(CCl)c2c1cc(OCc1ccccc1)c1ccccc21. The third-order valence-electron chi connectivity index (χ3n) is 10.3. The highest BCUT2D eigenvalue weighted by molar-refractivity contribution is 6.19. The van der Waals surface area contributed by atoms with Gasteiger partial charge in [0.25, 0.3) is 0 Å². The number of anilines is 2. The van der Waals surface area contributed by atoms with Crippen LogP contribution in [0.4, 0.5) is 16.2 Å². The van der Waals surface area contributed by atoms with Crippen LogP contribution in [0.3, 0.4) is 0 Å². The fraction of sp³-hybridized carbons (Fsp3) is 0.227. The van der Waals surface area contributed by atoms with Crippen LogP contribution in [0.5, 0.6) is 11.5 Å². The van der Waals surface area contributed by atoms with E-state index in [0.29, 0.717) is 49.6 Å². The van der Waals surface area contributed by atoms with Crippen LogP contribution >= 0.6 is 23.2 Å². The van der Waals surface area contributed by atoms with Gasteiger partial charge >= 0.3 is 6.03 Å². The Bertz CT molecular complexity index is 2120. The fourth-order valence-corrected chi connectivity index (χ4v) is 8.23. The van der Waals surface area contributed by atoms with Crippen molar-refractivity contribution in [1.82, 2.24) is 5.32 Å². The van der Waals surface area contributed by atoms with E-state index >= 15 is 0 Å². The maximum Gasteiger partial charge on any atom is 0.321 e. The number of carbonyl (C=O) groups excluding carboxylic acids is 2. The first-order chi connectivity index (χ1) is 26.0. The van der Waals surface area contributed by atoms with Gasteiger partial charge in [-0.2, -0.15) is 0 Å². The number of rotatable bonds is 11. The van der Waals surface area contributed by atoms with Crippen LogP contribution in [-0.4, -0.2) is 43.3 Å². The van der Waals surface area contributed by atoms with Crippen LogP contribution in [-0.2, 0) is 18.0 Å². The molecular weight excluding hydrogens is 705 g/mol. The predicted octanol–water partition coefficient (Wildman–Crippen LogP) is 9.76. The number of benzene rings is 6. The topological polar surface area (TPSA) is 71.1 Å². The molecule has 0 aromatic heterocycles. The molecule has 53 heavy (non-hydrogen) atoms. The molecule has 2 heterocycles. The Labute approximate surface area is 319 Å². The minimum atomic E-state index is -0.279. The minimum absolute atomic E-state index is 0.0278. The highest BCUT2D eigenvalue weighted by atomic mass is 35.5. The average molecular weight is 745 g/mol. The van der Waals surface area contributed by atoms with Crippen molar-refractivity contribution in [2.45, 2.75) is 31.5 Å². The second-order valence-electron chi connectivity index (χ2n) is 13.6. The van der Waals surface area contributed by atoms with E-state index in [-0.39, 0.29) is 36.7 Å². The molecule has 2 atom stereocenters. The first kappa shape index (κ1) is 34.8. The van der Waals surface area contributed by atoms with Gasteiger partial charge in [0.05, 0.1) is 11.4 Å².